The summed E-state index contributed by atoms with van der Waals surface area (Å²) < 4.78 is 45.8. The fourth-order valence-electron chi connectivity index (χ4n) is 3.38. The van der Waals surface area contributed by atoms with Gasteiger partial charge in [0.2, 0.25) is 9.84 Å². The third-order valence-corrected chi connectivity index (χ3v) is 7.06. The van der Waals surface area contributed by atoms with Crippen LogP contribution in [0, 0.1) is 5.82 Å². The normalized spacial score (nSPS) is 17.8. The molecule has 0 bridgehead atoms. The lowest BCUT2D eigenvalue weighted by atomic mass is 10.3. The topological polar surface area (TPSA) is 114 Å². The van der Waals surface area contributed by atoms with E-state index in [1.165, 1.54) is 30.0 Å². The van der Waals surface area contributed by atoms with Gasteiger partial charge in [0.1, 0.15) is 27.6 Å². The van der Waals surface area contributed by atoms with Crippen LogP contribution in [-0.4, -0.2) is 55.4 Å². The number of benzene rings is 1. The van der Waals surface area contributed by atoms with Crippen molar-refractivity contribution in [2.24, 2.45) is 0 Å². The summed E-state index contributed by atoms with van der Waals surface area (Å²) in [5.41, 5.74) is 6.72. The number of rotatable bonds is 4. The maximum absolute atomic E-state index is 13.7. The zero-order valence-corrected chi connectivity index (χ0v) is 17.5. The van der Waals surface area contributed by atoms with Gasteiger partial charge in [0, 0.05) is 13.1 Å². The molecule has 8 nitrogen and oxygen atoms in total. The minimum Gasteiger partial charge on any atom is -0.384 e. The largest absolute Gasteiger partial charge is 0.384 e. The second-order valence-corrected chi connectivity index (χ2v) is 9.37. The number of nitrogens with two attached hydrogens (primary N) is 1. The molecule has 1 unspecified atom stereocenters. The molecular formula is C18H20FN5O3S2. The van der Waals surface area contributed by atoms with Crippen LogP contribution in [0.25, 0.3) is 11.0 Å². The Kier molecular flexibility index (Phi) is 5.13. The maximum atomic E-state index is 13.7. The maximum Gasteiger partial charge on any atom is 0.212 e. The predicted octanol–water partition coefficient (Wildman–Crippen LogP) is 2.46. The Morgan fingerprint density at radius 3 is 2.86 bits per heavy atom. The minimum absolute atomic E-state index is 0.00861. The van der Waals surface area contributed by atoms with Gasteiger partial charge in [-0.15, -0.1) is 0 Å². The number of aromatic nitrogens is 3. The first kappa shape index (κ1) is 19.9. The van der Waals surface area contributed by atoms with Gasteiger partial charge in [0.25, 0.3) is 0 Å². The summed E-state index contributed by atoms with van der Waals surface area (Å²) in [6.07, 6.45) is 1.82. The smallest absolute Gasteiger partial charge is 0.212 e. The molecule has 1 aromatic carbocycles. The molecule has 1 fully saturated rings. The van der Waals surface area contributed by atoms with Gasteiger partial charge in [-0.25, -0.2) is 22.8 Å². The van der Waals surface area contributed by atoms with E-state index in [1.807, 2.05) is 18.1 Å². The Balaban J connectivity index is 1.95. The molecule has 0 amide bonds. The molecule has 2 aromatic heterocycles. The van der Waals surface area contributed by atoms with Crippen LogP contribution < -0.4 is 10.6 Å². The highest BCUT2D eigenvalue weighted by molar-refractivity contribution is 7.98. The van der Waals surface area contributed by atoms with E-state index in [2.05, 4.69) is 15.0 Å². The molecule has 0 aliphatic carbocycles. The number of nitrogens with zero attached hydrogens (tertiary/aromatic N) is 3. The van der Waals surface area contributed by atoms with Gasteiger partial charge in [-0.05, 0) is 31.4 Å². The van der Waals surface area contributed by atoms with Gasteiger partial charge in [-0.2, -0.15) is 0 Å². The molecule has 1 saturated heterocycles. The van der Waals surface area contributed by atoms with Crippen LogP contribution in [0.5, 0.6) is 0 Å². The van der Waals surface area contributed by atoms with E-state index in [0.717, 1.165) is 6.07 Å². The molecule has 11 heteroatoms. The number of thioether (sulfide) groups is 1. The van der Waals surface area contributed by atoms with Crippen LogP contribution >= 0.6 is 11.8 Å². The van der Waals surface area contributed by atoms with Crippen LogP contribution in [0.1, 0.15) is 6.92 Å². The van der Waals surface area contributed by atoms with Crippen molar-refractivity contribution in [2.75, 3.05) is 36.6 Å². The van der Waals surface area contributed by atoms with Crippen molar-refractivity contribution in [2.45, 2.75) is 28.0 Å². The lowest BCUT2D eigenvalue weighted by molar-refractivity contribution is 0.0530. The van der Waals surface area contributed by atoms with Gasteiger partial charge in [-0.3, -0.25) is 0 Å². The Morgan fingerprint density at radius 2 is 2.17 bits per heavy atom. The fraction of sp³-hybridized carbons (Fsp3) is 0.333. The number of sulfone groups is 1. The number of anilines is 2. The summed E-state index contributed by atoms with van der Waals surface area (Å²) in [5.74, 6) is -0.131. The first-order valence-electron chi connectivity index (χ1n) is 8.91. The monoisotopic (exact) mass is 437 g/mol. The van der Waals surface area contributed by atoms with Crippen LogP contribution in [-0.2, 0) is 14.6 Å². The van der Waals surface area contributed by atoms with E-state index in [1.54, 1.807) is 0 Å². The molecule has 0 spiro atoms. The molecule has 4 rings (SSSR count). The molecule has 154 valence electrons. The van der Waals surface area contributed by atoms with E-state index >= 15 is 0 Å². The third kappa shape index (κ3) is 3.53. The van der Waals surface area contributed by atoms with Crippen molar-refractivity contribution in [1.82, 2.24) is 15.0 Å². The Bertz CT molecular complexity index is 1180. The summed E-state index contributed by atoms with van der Waals surface area (Å²) in [6.45, 7) is 3.70. The number of fused-ring (bicyclic) bond motifs is 1. The molecule has 0 radical (unpaired) electrons. The summed E-state index contributed by atoms with van der Waals surface area (Å²) in [7, 11) is -4.10. The number of ether oxygens (including phenoxy) is 1. The summed E-state index contributed by atoms with van der Waals surface area (Å²) in [5, 5.41) is 0.418. The average molecular weight is 438 g/mol. The highest BCUT2D eigenvalue weighted by Gasteiger charge is 2.30. The summed E-state index contributed by atoms with van der Waals surface area (Å²) >= 11 is 1.30. The standard InChI is InChI=1S/C18H20FN5O3S2/c1-10-9-24(6-7-27-10)17-14-13(22-18(23-17)28-2)15(16(20)21-14)29(25,26)12-5-3-4-11(19)8-12/h3-5,8,10,21H,6-7,9,20H2,1-2H3. The molecule has 1 aliphatic heterocycles. The van der Waals surface area contributed by atoms with E-state index < -0.39 is 15.7 Å². The Labute approximate surface area is 171 Å². The second-order valence-electron chi connectivity index (χ2n) is 6.71. The van der Waals surface area contributed by atoms with Crippen molar-refractivity contribution in [3.8, 4) is 0 Å². The van der Waals surface area contributed by atoms with E-state index in [0.29, 0.717) is 36.2 Å². The number of nitrogens with one attached hydrogen (secondary N) is 1. The van der Waals surface area contributed by atoms with Gasteiger partial charge in [0.15, 0.2) is 11.0 Å². The zero-order chi connectivity index (χ0) is 20.8. The zero-order valence-electron chi connectivity index (χ0n) is 15.8. The van der Waals surface area contributed by atoms with Gasteiger partial charge < -0.3 is 20.4 Å². The minimum atomic E-state index is -4.10. The van der Waals surface area contributed by atoms with Gasteiger partial charge >= 0.3 is 0 Å². The summed E-state index contributed by atoms with van der Waals surface area (Å²) in [4.78, 5) is 13.6. The number of hydrogen-bond acceptors (Lipinski definition) is 8. The molecule has 3 aromatic rings. The highest BCUT2D eigenvalue weighted by Crippen LogP contribution is 2.37. The summed E-state index contributed by atoms with van der Waals surface area (Å²) in [6, 6.07) is 4.83. The second kappa shape index (κ2) is 7.47. The fourth-order valence-corrected chi connectivity index (χ4v) is 5.25. The van der Waals surface area contributed by atoms with Crippen molar-refractivity contribution < 1.29 is 17.5 Å². The molecule has 1 aliphatic rings. The van der Waals surface area contributed by atoms with Crippen LogP contribution in [0.15, 0.2) is 39.2 Å². The van der Waals surface area contributed by atoms with E-state index in [9.17, 15) is 12.8 Å². The number of morpholine rings is 1. The van der Waals surface area contributed by atoms with Gasteiger partial charge in [0.05, 0.1) is 17.6 Å². The first-order valence-corrected chi connectivity index (χ1v) is 11.6. The van der Waals surface area contributed by atoms with Crippen molar-refractivity contribution in [1.29, 1.82) is 0 Å². The number of nitrogen functional groups attached to an aromatic ring is 1. The van der Waals surface area contributed by atoms with Crippen molar-refractivity contribution in [3.05, 3.63) is 30.1 Å². The molecule has 1 atom stereocenters. The number of hydrogen-bond donors (Lipinski definition) is 2. The van der Waals surface area contributed by atoms with E-state index in [-0.39, 0.29) is 27.2 Å². The quantitative estimate of drug-likeness (QED) is 0.473. The van der Waals surface area contributed by atoms with Crippen LogP contribution in [0.2, 0.25) is 0 Å². The van der Waals surface area contributed by atoms with E-state index in [4.69, 9.17) is 10.5 Å². The molecule has 3 heterocycles. The number of aromatic amines is 1. The molecule has 29 heavy (non-hydrogen) atoms. The average Bonchev–Trinajstić information content (AvgIpc) is 3.03. The van der Waals surface area contributed by atoms with Gasteiger partial charge in [-0.1, -0.05) is 17.8 Å². The Hall–Kier alpha value is -2.37. The number of halogens is 1. The lowest BCUT2D eigenvalue weighted by Gasteiger charge is -2.32. The molecule has 0 saturated carbocycles. The highest BCUT2D eigenvalue weighted by atomic mass is 32.2. The Morgan fingerprint density at radius 1 is 1.38 bits per heavy atom. The van der Waals surface area contributed by atoms with Crippen molar-refractivity contribution in [3.63, 3.8) is 0 Å². The molecular weight excluding hydrogens is 417 g/mol. The third-order valence-electron chi connectivity index (χ3n) is 4.69. The predicted molar refractivity (Wildman–Crippen MR) is 110 cm³/mol. The SMILES string of the molecule is CSc1nc(N2CCOC(C)C2)c2[nH]c(N)c(S(=O)(=O)c3cccc(F)c3)c2n1. The van der Waals surface area contributed by atoms with Crippen LogP contribution in [0.4, 0.5) is 16.0 Å². The first-order chi connectivity index (χ1) is 13.8. The van der Waals surface area contributed by atoms with Crippen LogP contribution in [0.3, 0.4) is 0 Å². The van der Waals surface area contributed by atoms with Crippen molar-refractivity contribution >= 4 is 44.3 Å². The number of H-pyrrole nitrogens is 1. The molecule has 3 N–H and O–H groups in total. The lowest BCUT2D eigenvalue weighted by Crippen LogP contribution is -2.41.